The molecule has 152 valence electrons. The normalized spacial score (nSPS) is 14.0. The molecule has 0 fully saturated rings. The number of thiophene rings is 1. The zero-order valence-electron chi connectivity index (χ0n) is 15.9. The van der Waals surface area contributed by atoms with Crippen LogP contribution in [0.25, 0.3) is 0 Å². The smallest absolute Gasteiger partial charge is 0.341 e. The predicted molar refractivity (Wildman–Crippen MR) is 104 cm³/mol. The molecule has 2 aromatic heterocycles. The first-order valence-electron chi connectivity index (χ1n) is 8.80. The number of esters is 1. The van der Waals surface area contributed by atoms with E-state index in [0.717, 1.165) is 40.4 Å². The number of hydrogen-bond donors (Lipinski definition) is 1. The van der Waals surface area contributed by atoms with Crippen molar-refractivity contribution in [3.05, 3.63) is 33.9 Å². The highest BCUT2D eigenvalue weighted by Gasteiger charge is 2.27. The van der Waals surface area contributed by atoms with E-state index < -0.39 is 16.0 Å². The second-order valence-corrected chi connectivity index (χ2v) is 9.87. The van der Waals surface area contributed by atoms with Crippen LogP contribution in [-0.2, 0) is 39.0 Å². The number of furan rings is 1. The van der Waals surface area contributed by atoms with Gasteiger partial charge in [-0.2, -0.15) is 0 Å². The van der Waals surface area contributed by atoms with Gasteiger partial charge >= 0.3 is 5.97 Å². The number of sulfonamides is 1. The summed E-state index contributed by atoms with van der Waals surface area (Å²) in [6.07, 6.45) is 3.68. The lowest BCUT2D eigenvalue weighted by Crippen LogP contribution is -2.21. The second kappa shape index (κ2) is 8.06. The monoisotopic (exact) mass is 426 g/mol. The molecule has 0 saturated heterocycles. The van der Waals surface area contributed by atoms with E-state index in [4.69, 9.17) is 9.15 Å². The third-order valence-corrected chi connectivity index (χ3v) is 7.28. The molecular weight excluding hydrogens is 404 g/mol. The van der Waals surface area contributed by atoms with Crippen molar-refractivity contribution in [3.63, 3.8) is 0 Å². The summed E-state index contributed by atoms with van der Waals surface area (Å²) in [5.74, 6) is -0.590. The summed E-state index contributed by atoms with van der Waals surface area (Å²) < 4.78 is 35.8. The van der Waals surface area contributed by atoms with Crippen molar-refractivity contribution < 1.29 is 27.2 Å². The standard InChI is InChI=1S/C18H22N2O6S2/c1-11(21)19-17-16(13-6-4-5-7-14(13)27-17)18(22)25-10-12-8-9-15(26-12)28(23,24)20(2)3/h8-9H,4-7,10H2,1-3H3,(H,19,21). The fourth-order valence-electron chi connectivity index (χ4n) is 2.99. The summed E-state index contributed by atoms with van der Waals surface area (Å²) in [6.45, 7) is 1.19. The molecule has 0 spiro atoms. The van der Waals surface area contributed by atoms with Gasteiger partial charge in [-0.15, -0.1) is 11.3 Å². The number of hydrogen-bond acceptors (Lipinski definition) is 7. The number of rotatable bonds is 6. The van der Waals surface area contributed by atoms with Gasteiger partial charge in [-0.25, -0.2) is 17.5 Å². The number of fused-ring (bicyclic) bond motifs is 1. The van der Waals surface area contributed by atoms with Crippen LogP contribution < -0.4 is 5.32 Å². The Bertz CT molecular complexity index is 1000. The second-order valence-electron chi connectivity index (χ2n) is 6.68. The van der Waals surface area contributed by atoms with E-state index >= 15 is 0 Å². The fraction of sp³-hybridized carbons (Fsp3) is 0.444. The first kappa shape index (κ1) is 20.6. The predicted octanol–water partition coefficient (Wildman–Crippen LogP) is 2.79. The van der Waals surface area contributed by atoms with Gasteiger partial charge in [-0.3, -0.25) is 4.79 Å². The number of carbonyl (C=O) groups is 2. The Kier molecular flexibility index (Phi) is 5.92. The summed E-state index contributed by atoms with van der Waals surface area (Å²) in [7, 11) is -0.883. The van der Waals surface area contributed by atoms with Crippen molar-refractivity contribution in [2.45, 2.75) is 44.3 Å². The van der Waals surface area contributed by atoms with Gasteiger partial charge < -0.3 is 14.5 Å². The molecule has 1 N–H and O–H groups in total. The van der Waals surface area contributed by atoms with Crippen LogP contribution >= 0.6 is 11.3 Å². The van der Waals surface area contributed by atoms with Crippen LogP contribution in [0.15, 0.2) is 21.6 Å². The van der Waals surface area contributed by atoms with Crippen molar-refractivity contribution in [2.24, 2.45) is 0 Å². The lowest BCUT2D eigenvalue weighted by Gasteiger charge is -2.12. The van der Waals surface area contributed by atoms with Crippen molar-refractivity contribution >= 4 is 38.2 Å². The van der Waals surface area contributed by atoms with Crippen molar-refractivity contribution in [3.8, 4) is 0 Å². The van der Waals surface area contributed by atoms with Crippen LogP contribution in [0.3, 0.4) is 0 Å². The number of ether oxygens (including phenoxy) is 1. The van der Waals surface area contributed by atoms with Gasteiger partial charge in [0.05, 0.1) is 5.56 Å². The summed E-state index contributed by atoms with van der Waals surface area (Å²) >= 11 is 1.41. The topological polar surface area (TPSA) is 106 Å². The van der Waals surface area contributed by atoms with Crippen LogP contribution in [0.5, 0.6) is 0 Å². The van der Waals surface area contributed by atoms with E-state index in [1.165, 1.54) is 44.5 Å². The van der Waals surface area contributed by atoms with E-state index in [1.807, 2.05) is 0 Å². The van der Waals surface area contributed by atoms with E-state index in [-0.39, 0.29) is 23.4 Å². The number of anilines is 1. The number of nitrogens with one attached hydrogen (secondary N) is 1. The first-order valence-corrected chi connectivity index (χ1v) is 11.1. The molecule has 8 nitrogen and oxygen atoms in total. The molecule has 0 aromatic carbocycles. The minimum Gasteiger partial charge on any atom is -0.454 e. The maximum Gasteiger partial charge on any atom is 0.341 e. The molecular formula is C18H22N2O6S2. The zero-order chi connectivity index (χ0) is 20.5. The molecule has 28 heavy (non-hydrogen) atoms. The first-order chi connectivity index (χ1) is 13.2. The third kappa shape index (κ3) is 4.13. The molecule has 2 heterocycles. The van der Waals surface area contributed by atoms with E-state index in [2.05, 4.69) is 5.32 Å². The Morgan fingerprint density at radius 3 is 2.64 bits per heavy atom. The number of carbonyl (C=O) groups excluding carboxylic acids is 2. The minimum atomic E-state index is -3.69. The van der Waals surface area contributed by atoms with Gasteiger partial charge in [-0.05, 0) is 43.4 Å². The van der Waals surface area contributed by atoms with Gasteiger partial charge in [0, 0.05) is 25.9 Å². The van der Waals surface area contributed by atoms with Crippen LogP contribution in [-0.4, -0.2) is 38.7 Å². The number of aryl methyl sites for hydroxylation is 1. The molecule has 1 aliphatic rings. The molecule has 0 bridgehead atoms. The molecule has 0 aliphatic heterocycles. The summed E-state index contributed by atoms with van der Waals surface area (Å²) in [5, 5.41) is 3.00. The molecule has 0 atom stereocenters. The lowest BCUT2D eigenvalue weighted by atomic mass is 9.95. The van der Waals surface area contributed by atoms with Gasteiger partial charge in [0.15, 0.2) is 0 Å². The van der Waals surface area contributed by atoms with Crippen LogP contribution in [0.4, 0.5) is 5.00 Å². The largest absolute Gasteiger partial charge is 0.454 e. The zero-order valence-corrected chi connectivity index (χ0v) is 17.5. The van der Waals surface area contributed by atoms with E-state index in [9.17, 15) is 18.0 Å². The Labute approximate surface area is 167 Å². The molecule has 1 amide bonds. The maximum atomic E-state index is 12.7. The lowest BCUT2D eigenvalue weighted by molar-refractivity contribution is -0.114. The van der Waals surface area contributed by atoms with Gasteiger partial charge in [0.25, 0.3) is 10.0 Å². The summed E-state index contributed by atoms with van der Waals surface area (Å²) in [6, 6.07) is 2.79. The molecule has 0 unspecified atom stereocenters. The quantitative estimate of drug-likeness (QED) is 0.712. The molecule has 2 aromatic rings. The van der Waals surface area contributed by atoms with Gasteiger partial charge in [0.1, 0.15) is 17.4 Å². The highest BCUT2D eigenvalue weighted by atomic mass is 32.2. The van der Waals surface area contributed by atoms with Crippen molar-refractivity contribution in [2.75, 3.05) is 19.4 Å². The fourth-order valence-corrected chi connectivity index (χ4v) is 5.13. The third-order valence-electron chi connectivity index (χ3n) is 4.38. The van der Waals surface area contributed by atoms with Crippen molar-refractivity contribution in [1.82, 2.24) is 4.31 Å². The molecule has 10 heteroatoms. The van der Waals surface area contributed by atoms with E-state index in [0.29, 0.717) is 10.6 Å². The Morgan fingerprint density at radius 1 is 1.25 bits per heavy atom. The minimum absolute atomic E-state index is 0.202. The summed E-state index contributed by atoms with van der Waals surface area (Å²) in [4.78, 5) is 25.3. The Morgan fingerprint density at radius 2 is 1.96 bits per heavy atom. The molecule has 0 saturated carbocycles. The Balaban J connectivity index is 1.78. The number of nitrogens with zero attached hydrogens (tertiary/aromatic N) is 1. The van der Waals surface area contributed by atoms with E-state index in [1.54, 1.807) is 0 Å². The average molecular weight is 427 g/mol. The van der Waals surface area contributed by atoms with Gasteiger partial charge in [0.2, 0.25) is 11.0 Å². The highest BCUT2D eigenvalue weighted by Crippen LogP contribution is 2.38. The molecule has 1 aliphatic carbocycles. The molecule has 0 radical (unpaired) electrons. The SMILES string of the molecule is CC(=O)Nc1sc2c(c1C(=O)OCc1ccc(S(=O)(=O)N(C)C)o1)CCCC2. The number of amides is 1. The Hall–Kier alpha value is -2.17. The van der Waals surface area contributed by atoms with Crippen LogP contribution in [0, 0.1) is 0 Å². The highest BCUT2D eigenvalue weighted by molar-refractivity contribution is 7.88. The summed E-state index contributed by atoms with van der Waals surface area (Å²) in [5.41, 5.74) is 1.32. The molecule has 3 rings (SSSR count). The maximum absolute atomic E-state index is 12.7. The van der Waals surface area contributed by atoms with Crippen molar-refractivity contribution in [1.29, 1.82) is 0 Å². The van der Waals surface area contributed by atoms with Crippen LogP contribution in [0.2, 0.25) is 0 Å². The average Bonchev–Trinajstić information content (AvgIpc) is 3.23. The van der Waals surface area contributed by atoms with Gasteiger partial charge in [-0.1, -0.05) is 0 Å². The van der Waals surface area contributed by atoms with Crippen LogP contribution in [0.1, 0.15) is 46.3 Å².